The molecule has 2 rings (SSSR count). The SMILES string of the molecule is CC1CCCC(c2ccccc2)OC1=O. The Hall–Kier alpha value is -1.31. The molecule has 0 N–H and O–H groups in total. The predicted molar refractivity (Wildman–Crippen MR) is 58.3 cm³/mol. The summed E-state index contributed by atoms with van der Waals surface area (Å²) in [5.41, 5.74) is 1.11. The molecular weight excluding hydrogens is 188 g/mol. The number of ether oxygens (including phenoxy) is 1. The van der Waals surface area contributed by atoms with E-state index < -0.39 is 0 Å². The van der Waals surface area contributed by atoms with Crippen molar-refractivity contribution in [3.8, 4) is 0 Å². The third kappa shape index (κ3) is 2.38. The van der Waals surface area contributed by atoms with E-state index in [4.69, 9.17) is 4.74 Å². The Morgan fingerprint density at radius 3 is 2.67 bits per heavy atom. The number of hydrogen-bond acceptors (Lipinski definition) is 2. The average Bonchev–Trinajstić information content (AvgIpc) is 2.43. The molecule has 0 aromatic heterocycles. The van der Waals surface area contributed by atoms with Gasteiger partial charge in [0, 0.05) is 0 Å². The zero-order chi connectivity index (χ0) is 10.7. The first kappa shape index (κ1) is 10.2. The molecule has 1 aliphatic rings. The maximum absolute atomic E-state index is 11.6. The Bertz CT molecular complexity index is 332. The smallest absolute Gasteiger partial charge is 0.309 e. The van der Waals surface area contributed by atoms with Gasteiger partial charge in [-0.1, -0.05) is 37.3 Å². The van der Waals surface area contributed by atoms with Gasteiger partial charge in [0.1, 0.15) is 6.10 Å². The summed E-state index contributed by atoms with van der Waals surface area (Å²) in [7, 11) is 0. The molecule has 1 heterocycles. The van der Waals surface area contributed by atoms with Gasteiger partial charge in [0.15, 0.2) is 0 Å². The summed E-state index contributed by atoms with van der Waals surface area (Å²) in [6, 6.07) is 9.99. The van der Waals surface area contributed by atoms with Crippen molar-refractivity contribution in [2.75, 3.05) is 0 Å². The Kier molecular flexibility index (Phi) is 3.05. The lowest BCUT2D eigenvalue weighted by Gasteiger charge is -2.15. The Labute approximate surface area is 90.3 Å². The van der Waals surface area contributed by atoms with Gasteiger partial charge in [-0.15, -0.1) is 0 Å². The summed E-state index contributed by atoms with van der Waals surface area (Å²) in [6.07, 6.45) is 2.91. The van der Waals surface area contributed by atoms with Gasteiger partial charge in [0.05, 0.1) is 5.92 Å². The molecule has 2 unspecified atom stereocenters. The van der Waals surface area contributed by atoms with E-state index >= 15 is 0 Å². The summed E-state index contributed by atoms with van der Waals surface area (Å²) in [5, 5.41) is 0. The summed E-state index contributed by atoms with van der Waals surface area (Å²) in [4.78, 5) is 11.6. The fraction of sp³-hybridized carbons (Fsp3) is 0.462. The van der Waals surface area contributed by atoms with Crippen molar-refractivity contribution in [3.63, 3.8) is 0 Å². The fourth-order valence-corrected chi connectivity index (χ4v) is 1.94. The largest absolute Gasteiger partial charge is 0.457 e. The molecule has 0 saturated carbocycles. The molecule has 1 aliphatic heterocycles. The maximum Gasteiger partial charge on any atom is 0.309 e. The van der Waals surface area contributed by atoms with Crippen LogP contribution in [0.15, 0.2) is 30.3 Å². The van der Waals surface area contributed by atoms with Gasteiger partial charge in [-0.05, 0) is 24.8 Å². The van der Waals surface area contributed by atoms with Crippen molar-refractivity contribution >= 4 is 5.97 Å². The fourth-order valence-electron chi connectivity index (χ4n) is 1.94. The van der Waals surface area contributed by atoms with Gasteiger partial charge < -0.3 is 4.74 Å². The van der Waals surface area contributed by atoms with Crippen molar-refractivity contribution in [2.24, 2.45) is 5.92 Å². The van der Waals surface area contributed by atoms with E-state index in [1.54, 1.807) is 0 Å². The molecule has 2 nitrogen and oxygen atoms in total. The van der Waals surface area contributed by atoms with E-state index in [0.29, 0.717) is 0 Å². The number of carbonyl (C=O) groups excluding carboxylic acids is 1. The second-order valence-corrected chi connectivity index (χ2v) is 4.17. The van der Waals surface area contributed by atoms with Crippen LogP contribution in [0.3, 0.4) is 0 Å². The van der Waals surface area contributed by atoms with E-state index in [1.165, 1.54) is 0 Å². The zero-order valence-electron chi connectivity index (χ0n) is 8.98. The van der Waals surface area contributed by atoms with E-state index in [-0.39, 0.29) is 18.0 Å². The lowest BCUT2D eigenvalue weighted by atomic mass is 10.0. The minimum Gasteiger partial charge on any atom is -0.457 e. The Morgan fingerprint density at radius 1 is 1.20 bits per heavy atom. The molecular formula is C13H16O2. The number of esters is 1. The summed E-state index contributed by atoms with van der Waals surface area (Å²) in [6.45, 7) is 1.94. The summed E-state index contributed by atoms with van der Waals surface area (Å²) in [5.74, 6) is 0.0000605. The van der Waals surface area contributed by atoms with E-state index in [1.807, 2.05) is 37.3 Å². The van der Waals surface area contributed by atoms with E-state index in [9.17, 15) is 4.79 Å². The number of hydrogen-bond donors (Lipinski definition) is 0. The molecule has 1 aromatic carbocycles. The first-order valence-electron chi connectivity index (χ1n) is 5.53. The van der Waals surface area contributed by atoms with Crippen LogP contribution in [-0.4, -0.2) is 5.97 Å². The van der Waals surface area contributed by atoms with E-state index in [2.05, 4.69) is 0 Å². The normalized spacial score (nSPS) is 26.9. The van der Waals surface area contributed by atoms with Crippen LogP contribution < -0.4 is 0 Å². The Balaban J connectivity index is 2.13. The molecule has 0 aliphatic carbocycles. The quantitative estimate of drug-likeness (QED) is 0.657. The molecule has 0 spiro atoms. The molecule has 2 atom stereocenters. The topological polar surface area (TPSA) is 26.3 Å². The molecule has 0 amide bonds. The highest BCUT2D eigenvalue weighted by Crippen LogP contribution is 2.29. The van der Waals surface area contributed by atoms with Gasteiger partial charge >= 0.3 is 5.97 Å². The minimum absolute atomic E-state index is 0.0383. The average molecular weight is 204 g/mol. The van der Waals surface area contributed by atoms with Crippen LogP contribution in [0.1, 0.15) is 37.9 Å². The van der Waals surface area contributed by atoms with Crippen molar-refractivity contribution in [1.82, 2.24) is 0 Å². The zero-order valence-corrected chi connectivity index (χ0v) is 8.98. The third-order valence-electron chi connectivity index (χ3n) is 2.94. The van der Waals surface area contributed by atoms with Gasteiger partial charge in [-0.2, -0.15) is 0 Å². The highest BCUT2D eigenvalue weighted by atomic mass is 16.5. The van der Waals surface area contributed by atoms with Gasteiger partial charge in [0.2, 0.25) is 0 Å². The van der Waals surface area contributed by atoms with Crippen LogP contribution >= 0.6 is 0 Å². The summed E-state index contributed by atoms with van der Waals surface area (Å²) >= 11 is 0. The van der Waals surface area contributed by atoms with Gasteiger partial charge in [0.25, 0.3) is 0 Å². The first-order chi connectivity index (χ1) is 7.27. The molecule has 1 fully saturated rings. The highest BCUT2D eigenvalue weighted by Gasteiger charge is 2.24. The van der Waals surface area contributed by atoms with Crippen LogP contribution in [0, 0.1) is 5.92 Å². The summed E-state index contributed by atoms with van der Waals surface area (Å²) < 4.78 is 5.47. The molecule has 1 aromatic rings. The van der Waals surface area contributed by atoms with Crippen molar-refractivity contribution < 1.29 is 9.53 Å². The maximum atomic E-state index is 11.6. The number of benzene rings is 1. The van der Waals surface area contributed by atoms with E-state index in [0.717, 1.165) is 24.8 Å². The Morgan fingerprint density at radius 2 is 1.93 bits per heavy atom. The van der Waals surface area contributed by atoms with Crippen LogP contribution in [-0.2, 0) is 9.53 Å². The van der Waals surface area contributed by atoms with Crippen LogP contribution in [0.25, 0.3) is 0 Å². The minimum atomic E-state index is -0.0543. The van der Waals surface area contributed by atoms with Crippen LogP contribution in [0.5, 0.6) is 0 Å². The second kappa shape index (κ2) is 4.47. The van der Waals surface area contributed by atoms with Gasteiger partial charge in [-0.3, -0.25) is 4.79 Å². The predicted octanol–water partition coefficient (Wildman–Crippen LogP) is 3.09. The molecule has 0 radical (unpaired) electrons. The van der Waals surface area contributed by atoms with Crippen molar-refractivity contribution in [1.29, 1.82) is 0 Å². The van der Waals surface area contributed by atoms with Crippen LogP contribution in [0.2, 0.25) is 0 Å². The molecule has 0 bridgehead atoms. The first-order valence-corrected chi connectivity index (χ1v) is 5.53. The van der Waals surface area contributed by atoms with Crippen molar-refractivity contribution in [3.05, 3.63) is 35.9 Å². The number of cyclic esters (lactones) is 1. The lowest BCUT2D eigenvalue weighted by Crippen LogP contribution is -2.14. The monoisotopic (exact) mass is 204 g/mol. The highest BCUT2D eigenvalue weighted by molar-refractivity contribution is 5.72. The number of rotatable bonds is 1. The molecule has 1 saturated heterocycles. The van der Waals surface area contributed by atoms with Gasteiger partial charge in [-0.25, -0.2) is 0 Å². The third-order valence-corrected chi connectivity index (χ3v) is 2.94. The molecule has 2 heteroatoms. The lowest BCUT2D eigenvalue weighted by molar-refractivity contribution is -0.152. The number of carbonyl (C=O) groups is 1. The van der Waals surface area contributed by atoms with Crippen molar-refractivity contribution in [2.45, 2.75) is 32.3 Å². The molecule has 80 valence electrons. The second-order valence-electron chi connectivity index (χ2n) is 4.17. The molecule has 15 heavy (non-hydrogen) atoms. The standard InChI is InChI=1S/C13H16O2/c1-10-6-5-9-12(15-13(10)14)11-7-3-2-4-8-11/h2-4,7-8,10,12H,5-6,9H2,1H3. The van der Waals surface area contributed by atoms with Crippen LogP contribution in [0.4, 0.5) is 0 Å².